The number of esters is 2. The molecule has 0 unspecified atom stereocenters. The third-order valence-corrected chi connectivity index (χ3v) is 2.09. The fraction of sp³-hybridized carbons (Fsp3) is 0.167. The number of hydrogen-bond acceptors (Lipinski definition) is 8. The van der Waals surface area contributed by atoms with Crippen molar-refractivity contribution in [3.63, 3.8) is 0 Å². The summed E-state index contributed by atoms with van der Waals surface area (Å²) in [7, 11) is 0. The van der Waals surface area contributed by atoms with Gasteiger partial charge in [-0.3, -0.25) is 9.97 Å². The van der Waals surface area contributed by atoms with Gasteiger partial charge in [-0.25, -0.2) is 19.6 Å². The predicted octanol–water partition coefficient (Wildman–Crippen LogP) is 0.280. The van der Waals surface area contributed by atoms with Crippen molar-refractivity contribution in [3.05, 3.63) is 48.6 Å². The second-order valence-electron chi connectivity index (χ2n) is 3.45. The summed E-state index contributed by atoms with van der Waals surface area (Å²) >= 11 is 0. The maximum atomic E-state index is 11.5. The average Bonchev–Trinajstić information content (AvgIpc) is 2.53. The van der Waals surface area contributed by atoms with Crippen LogP contribution in [0.1, 0.15) is 21.0 Å². The Hall–Kier alpha value is -2.90. The molecular weight excluding hydrogens is 264 g/mol. The van der Waals surface area contributed by atoms with Crippen molar-refractivity contribution >= 4 is 11.9 Å². The molecule has 2 heterocycles. The van der Waals surface area contributed by atoms with E-state index in [4.69, 9.17) is 9.47 Å². The molecule has 0 bridgehead atoms. The number of carbonyl (C=O) groups is 2. The van der Waals surface area contributed by atoms with Crippen molar-refractivity contribution in [1.29, 1.82) is 0 Å². The molecule has 0 aliphatic carbocycles. The van der Waals surface area contributed by atoms with Gasteiger partial charge in [0.15, 0.2) is 11.4 Å². The van der Waals surface area contributed by atoms with Gasteiger partial charge in [0.25, 0.3) is 0 Å². The summed E-state index contributed by atoms with van der Waals surface area (Å²) < 4.78 is 9.72. The summed E-state index contributed by atoms with van der Waals surface area (Å²) in [5.41, 5.74) is 0.181. The van der Waals surface area contributed by atoms with Gasteiger partial charge >= 0.3 is 11.9 Å². The minimum atomic E-state index is -0.631. The van der Waals surface area contributed by atoms with Crippen LogP contribution in [0.15, 0.2) is 37.2 Å². The molecule has 0 saturated carbocycles. The van der Waals surface area contributed by atoms with E-state index >= 15 is 0 Å². The third-order valence-electron chi connectivity index (χ3n) is 2.09. The molecule has 0 aromatic carbocycles. The number of rotatable bonds is 5. The van der Waals surface area contributed by atoms with E-state index in [2.05, 4.69) is 19.9 Å². The molecule has 0 saturated heterocycles. The number of hydrogen-bond donors (Lipinski definition) is 0. The molecular formula is C12H10N4O4. The molecule has 2 rings (SSSR count). The second-order valence-corrected chi connectivity index (χ2v) is 3.45. The highest BCUT2D eigenvalue weighted by molar-refractivity contribution is 5.87. The van der Waals surface area contributed by atoms with Crippen LogP contribution in [-0.2, 0) is 9.47 Å². The Morgan fingerprint density at radius 1 is 0.800 bits per heavy atom. The van der Waals surface area contributed by atoms with Gasteiger partial charge in [0.2, 0.25) is 0 Å². The van der Waals surface area contributed by atoms with Crippen LogP contribution in [0, 0.1) is 0 Å². The summed E-state index contributed by atoms with van der Waals surface area (Å²) in [6.45, 7) is -0.164. The molecule has 2 aromatic rings. The van der Waals surface area contributed by atoms with Crippen LogP contribution < -0.4 is 0 Å². The zero-order valence-electron chi connectivity index (χ0n) is 10.3. The first-order valence-corrected chi connectivity index (χ1v) is 5.63. The van der Waals surface area contributed by atoms with Crippen LogP contribution >= 0.6 is 0 Å². The van der Waals surface area contributed by atoms with E-state index in [9.17, 15) is 9.59 Å². The number of carbonyl (C=O) groups excluding carboxylic acids is 2. The van der Waals surface area contributed by atoms with Gasteiger partial charge in [-0.15, -0.1) is 0 Å². The van der Waals surface area contributed by atoms with E-state index in [1.54, 1.807) is 0 Å². The molecule has 0 N–H and O–H groups in total. The van der Waals surface area contributed by atoms with Crippen LogP contribution in [0.5, 0.6) is 0 Å². The SMILES string of the molecule is O=C(OCCOC(=O)c1cnccn1)c1cnccn1. The van der Waals surface area contributed by atoms with E-state index < -0.39 is 11.9 Å². The van der Waals surface area contributed by atoms with E-state index in [0.29, 0.717) is 0 Å². The first-order chi connectivity index (χ1) is 9.77. The minimum absolute atomic E-state index is 0.0819. The van der Waals surface area contributed by atoms with Crippen molar-refractivity contribution in [1.82, 2.24) is 19.9 Å². The Morgan fingerprint density at radius 3 is 1.60 bits per heavy atom. The number of aromatic nitrogens is 4. The highest BCUT2D eigenvalue weighted by atomic mass is 16.6. The molecule has 8 nitrogen and oxygen atoms in total. The number of ether oxygens (including phenoxy) is 2. The minimum Gasteiger partial charge on any atom is -0.457 e. The van der Waals surface area contributed by atoms with Gasteiger partial charge < -0.3 is 9.47 Å². The quantitative estimate of drug-likeness (QED) is 0.565. The molecule has 0 fully saturated rings. The number of nitrogens with zero attached hydrogens (tertiary/aromatic N) is 4. The van der Waals surface area contributed by atoms with E-state index in [1.165, 1.54) is 37.2 Å². The average molecular weight is 274 g/mol. The molecule has 0 atom stereocenters. The van der Waals surface area contributed by atoms with Crippen LogP contribution in [0.3, 0.4) is 0 Å². The summed E-state index contributed by atoms with van der Waals surface area (Å²) in [6.07, 6.45) is 8.22. The largest absolute Gasteiger partial charge is 0.457 e. The van der Waals surface area contributed by atoms with Crippen molar-refractivity contribution in [3.8, 4) is 0 Å². The molecule has 0 aliphatic rings. The fourth-order valence-electron chi connectivity index (χ4n) is 1.23. The van der Waals surface area contributed by atoms with Crippen LogP contribution in [0.25, 0.3) is 0 Å². The van der Waals surface area contributed by atoms with Gasteiger partial charge in [0.1, 0.15) is 13.2 Å². The lowest BCUT2D eigenvalue weighted by Gasteiger charge is -2.05. The Balaban J connectivity index is 1.72. The molecule has 8 heteroatoms. The van der Waals surface area contributed by atoms with E-state index in [-0.39, 0.29) is 24.6 Å². The van der Waals surface area contributed by atoms with E-state index in [0.717, 1.165) is 0 Å². The smallest absolute Gasteiger partial charge is 0.358 e. The maximum Gasteiger partial charge on any atom is 0.358 e. The van der Waals surface area contributed by atoms with Crippen LogP contribution in [-0.4, -0.2) is 45.1 Å². The lowest BCUT2D eigenvalue weighted by molar-refractivity contribution is 0.0258. The van der Waals surface area contributed by atoms with Gasteiger partial charge in [0, 0.05) is 24.8 Å². The standard InChI is InChI=1S/C12H10N4O4/c17-11(9-7-13-1-3-15-9)19-5-6-20-12(18)10-8-14-2-4-16-10/h1-4,7-8H,5-6H2. The summed E-state index contributed by atoms with van der Waals surface area (Å²) in [5, 5.41) is 0. The third kappa shape index (κ3) is 3.80. The summed E-state index contributed by atoms with van der Waals surface area (Å²) in [6, 6.07) is 0. The highest BCUT2D eigenvalue weighted by Crippen LogP contribution is 1.96. The Bertz CT molecular complexity index is 523. The zero-order chi connectivity index (χ0) is 14.2. The van der Waals surface area contributed by atoms with Crippen LogP contribution in [0.2, 0.25) is 0 Å². The molecule has 102 valence electrons. The van der Waals surface area contributed by atoms with Gasteiger partial charge in [-0.2, -0.15) is 0 Å². The Kier molecular flexibility index (Phi) is 4.65. The van der Waals surface area contributed by atoms with Crippen molar-refractivity contribution in [2.24, 2.45) is 0 Å². The summed E-state index contributed by atoms with van der Waals surface area (Å²) in [4.78, 5) is 38.0. The molecule has 20 heavy (non-hydrogen) atoms. The van der Waals surface area contributed by atoms with Gasteiger partial charge in [0.05, 0.1) is 12.4 Å². The molecule has 0 amide bonds. The molecule has 0 aliphatic heterocycles. The van der Waals surface area contributed by atoms with Crippen molar-refractivity contribution < 1.29 is 19.1 Å². The molecule has 0 radical (unpaired) electrons. The topological polar surface area (TPSA) is 104 Å². The molecule has 2 aromatic heterocycles. The lowest BCUT2D eigenvalue weighted by Crippen LogP contribution is -2.15. The highest BCUT2D eigenvalue weighted by Gasteiger charge is 2.10. The Morgan fingerprint density at radius 2 is 1.25 bits per heavy atom. The fourth-order valence-corrected chi connectivity index (χ4v) is 1.23. The predicted molar refractivity (Wildman–Crippen MR) is 64.6 cm³/mol. The van der Waals surface area contributed by atoms with Gasteiger partial charge in [-0.1, -0.05) is 0 Å². The van der Waals surface area contributed by atoms with Crippen LogP contribution in [0.4, 0.5) is 0 Å². The monoisotopic (exact) mass is 274 g/mol. The Labute approximate surface area is 113 Å². The normalized spacial score (nSPS) is 9.80. The van der Waals surface area contributed by atoms with E-state index in [1.807, 2.05) is 0 Å². The first kappa shape index (κ1) is 13.5. The van der Waals surface area contributed by atoms with Crippen molar-refractivity contribution in [2.75, 3.05) is 13.2 Å². The second kappa shape index (κ2) is 6.88. The summed E-state index contributed by atoms with van der Waals surface area (Å²) in [5.74, 6) is -1.26. The van der Waals surface area contributed by atoms with Gasteiger partial charge in [-0.05, 0) is 0 Å². The van der Waals surface area contributed by atoms with Crippen molar-refractivity contribution in [2.45, 2.75) is 0 Å². The first-order valence-electron chi connectivity index (χ1n) is 5.63. The maximum absolute atomic E-state index is 11.5. The molecule has 0 spiro atoms. The zero-order valence-corrected chi connectivity index (χ0v) is 10.3. The lowest BCUT2D eigenvalue weighted by atomic mass is 10.4.